The van der Waals surface area contributed by atoms with Gasteiger partial charge in [0.1, 0.15) is 0 Å². The lowest BCUT2D eigenvalue weighted by molar-refractivity contribution is 0.414. The molecule has 3 nitrogen and oxygen atoms in total. The second-order valence-corrected chi connectivity index (χ2v) is 2.70. The van der Waals surface area contributed by atoms with E-state index in [2.05, 4.69) is 16.9 Å². The van der Waals surface area contributed by atoms with Gasteiger partial charge in [-0.05, 0) is 13.0 Å². The van der Waals surface area contributed by atoms with Gasteiger partial charge in [0, 0.05) is 12.2 Å². The number of hydrogen-bond donors (Lipinski definition) is 1. The fourth-order valence-electron chi connectivity index (χ4n) is 1.03. The molecule has 70 valence electrons. The highest BCUT2D eigenvalue weighted by Gasteiger charge is 2.01. The molecule has 1 aromatic heterocycles. The largest absolute Gasteiger partial charge is 0.493 e. The van der Waals surface area contributed by atoms with Crippen LogP contribution in [-0.2, 0) is 0 Å². The zero-order valence-electron chi connectivity index (χ0n) is 8.00. The molecular weight excluding hydrogens is 164 g/mol. The SMILES string of the molecule is C=CCNc1cc(C)ncc1OC. The third kappa shape index (κ3) is 2.47. The lowest BCUT2D eigenvalue weighted by Gasteiger charge is -2.09. The molecule has 1 N–H and O–H groups in total. The molecule has 1 aromatic rings. The van der Waals surface area contributed by atoms with Gasteiger partial charge in [-0.15, -0.1) is 6.58 Å². The molecule has 0 saturated heterocycles. The van der Waals surface area contributed by atoms with Gasteiger partial charge >= 0.3 is 0 Å². The van der Waals surface area contributed by atoms with Gasteiger partial charge in [0.15, 0.2) is 5.75 Å². The quantitative estimate of drug-likeness (QED) is 0.716. The van der Waals surface area contributed by atoms with Gasteiger partial charge in [-0.25, -0.2) is 0 Å². The molecule has 0 fully saturated rings. The summed E-state index contributed by atoms with van der Waals surface area (Å²) in [5.41, 5.74) is 1.92. The lowest BCUT2D eigenvalue weighted by Crippen LogP contribution is -2.01. The first kappa shape index (κ1) is 9.58. The van der Waals surface area contributed by atoms with Gasteiger partial charge in [-0.1, -0.05) is 6.08 Å². The first-order valence-corrected chi connectivity index (χ1v) is 4.13. The molecule has 0 unspecified atom stereocenters. The van der Waals surface area contributed by atoms with Gasteiger partial charge in [0.05, 0.1) is 19.0 Å². The average Bonchev–Trinajstić information content (AvgIpc) is 2.15. The van der Waals surface area contributed by atoms with Crippen molar-refractivity contribution in [3.05, 3.63) is 30.6 Å². The van der Waals surface area contributed by atoms with Crippen LogP contribution in [0.2, 0.25) is 0 Å². The number of anilines is 1. The molecule has 0 atom stereocenters. The number of aromatic nitrogens is 1. The van der Waals surface area contributed by atoms with Crippen LogP contribution in [0.5, 0.6) is 5.75 Å². The summed E-state index contributed by atoms with van der Waals surface area (Å²) in [6.07, 6.45) is 3.51. The summed E-state index contributed by atoms with van der Waals surface area (Å²) in [5.74, 6) is 0.757. The zero-order chi connectivity index (χ0) is 9.68. The number of hydrogen-bond acceptors (Lipinski definition) is 3. The van der Waals surface area contributed by atoms with E-state index in [4.69, 9.17) is 4.74 Å². The van der Waals surface area contributed by atoms with E-state index in [1.807, 2.05) is 13.0 Å². The minimum atomic E-state index is 0.722. The van der Waals surface area contributed by atoms with E-state index in [9.17, 15) is 0 Å². The molecule has 0 bridgehead atoms. The van der Waals surface area contributed by atoms with Crippen molar-refractivity contribution in [2.24, 2.45) is 0 Å². The van der Waals surface area contributed by atoms with E-state index >= 15 is 0 Å². The molecule has 1 heterocycles. The molecule has 3 heteroatoms. The fraction of sp³-hybridized carbons (Fsp3) is 0.300. The van der Waals surface area contributed by atoms with Crippen molar-refractivity contribution in [3.8, 4) is 5.75 Å². The maximum absolute atomic E-state index is 5.14. The molecule has 0 aliphatic rings. The Morgan fingerprint density at radius 1 is 1.69 bits per heavy atom. The van der Waals surface area contributed by atoms with Crippen LogP contribution in [-0.4, -0.2) is 18.6 Å². The normalized spacial score (nSPS) is 9.38. The molecule has 1 rings (SSSR count). The summed E-state index contributed by atoms with van der Waals surface area (Å²) < 4.78 is 5.14. The van der Waals surface area contributed by atoms with Crippen LogP contribution in [0, 0.1) is 6.92 Å². The van der Waals surface area contributed by atoms with Crippen LogP contribution < -0.4 is 10.1 Å². The Hall–Kier alpha value is -1.51. The third-order valence-electron chi connectivity index (χ3n) is 1.66. The smallest absolute Gasteiger partial charge is 0.160 e. The summed E-state index contributed by atoms with van der Waals surface area (Å²) in [4.78, 5) is 4.13. The number of nitrogens with one attached hydrogen (secondary N) is 1. The monoisotopic (exact) mass is 178 g/mol. The van der Waals surface area contributed by atoms with Crippen LogP contribution in [0.3, 0.4) is 0 Å². The highest BCUT2D eigenvalue weighted by atomic mass is 16.5. The highest BCUT2D eigenvalue weighted by molar-refractivity contribution is 5.56. The van der Waals surface area contributed by atoms with Gasteiger partial charge in [-0.3, -0.25) is 4.98 Å². The highest BCUT2D eigenvalue weighted by Crippen LogP contribution is 2.22. The number of nitrogens with zero attached hydrogens (tertiary/aromatic N) is 1. The number of pyridine rings is 1. The standard InChI is InChI=1S/C10H14N2O/c1-4-5-11-9-6-8(2)12-7-10(9)13-3/h4,6-7H,1,5H2,2-3H3,(H,11,12). The fourth-order valence-corrected chi connectivity index (χ4v) is 1.03. The summed E-state index contributed by atoms with van der Waals surface area (Å²) in [7, 11) is 1.63. The zero-order valence-corrected chi connectivity index (χ0v) is 8.00. The molecule has 0 saturated carbocycles. The van der Waals surface area contributed by atoms with Crippen LogP contribution >= 0.6 is 0 Å². The minimum absolute atomic E-state index is 0.722. The Labute approximate surface area is 78.4 Å². The first-order chi connectivity index (χ1) is 6.27. The lowest BCUT2D eigenvalue weighted by atomic mass is 10.3. The van der Waals surface area contributed by atoms with E-state index in [0.717, 1.165) is 23.7 Å². The predicted octanol–water partition coefficient (Wildman–Crippen LogP) is 2.00. The maximum Gasteiger partial charge on any atom is 0.160 e. The van der Waals surface area contributed by atoms with E-state index in [1.54, 1.807) is 19.4 Å². The van der Waals surface area contributed by atoms with Crippen LogP contribution in [0.25, 0.3) is 0 Å². The molecule has 0 spiro atoms. The molecule has 0 amide bonds. The third-order valence-corrected chi connectivity index (χ3v) is 1.66. The summed E-state index contributed by atoms with van der Waals surface area (Å²) in [6, 6.07) is 1.95. The van der Waals surface area contributed by atoms with Crippen molar-refractivity contribution >= 4 is 5.69 Å². The molecule has 0 aromatic carbocycles. The van der Waals surface area contributed by atoms with Crippen LogP contribution in [0.1, 0.15) is 5.69 Å². The van der Waals surface area contributed by atoms with Crippen molar-refractivity contribution in [2.45, 2.75) is 6.92 Å². The molecule has 13 heavy (non-hydrogen) atoms. The number of rotatable bonds is 4. The average molecular weight is 178 g/mol. The van der Waals surface area contributed by atoms with Gasteiger partial charge in [0.25, 0.3) is 0 Å². The Kier molecular flexibility index (Phi) is 3.31. The van der Waals surface area contributed by atoms with Crippen molar-refractivity contribution in [1.82, 2.24) is 4.98 Å². The first-order valence-electron chi connectivity index (χ1n) is 4.13. The second-order valence-electron chi connectivity index (χ2n) is 2.70. The second kappa shape index (κ2) is 4.50. The predicted molar refractivity (Wildman–Crippen MR) is 54.2 cm³/mol. The summed E-state index contributed by atoms with van der Waals surface area (Å²) >= 11 is 0. The summed E-state index contributed by atoms with van der Waals surface area (Å²) in [6.45, 7) is 6.30. The van der Waals surface area contributed by atoms with Gasteiger partial charge in [-0.2, -0.15) is 0 Å². The Bertz CT molecular complexity index is 297. The van der Waals surface area contributed by atoms with Gasteiger partial charge < -0.3 is 10.1 Å². The number of methoxy groups -OCH3 is 1. The minimum Gasteiger partial charge on any atom is -0.493 e. The van der Waals surface area contributed by atoms with Crippen molar-refractivity contribution < 1.29 is 4.74 Å². The van der Waals surface area contributed by atoms with E-state index in [0.29, 0.717) is 0 Å². The Morgan fingerprint density at radius 2 is 2.46 bits per heavy atom. The number of aryl methyl sites for hydroxylation is 1. The molecule has 0 radical (unpaired) electrons. The van der Waals surface area contributed by atoms with Crippen LogP contribution in [0.4, 0.5) is 5.69 Å². The molecular formula is C10H14N2O. The van der Waals surface area contributed by atoms with E-state index < -0.39 is 0 Å². The van der Waals surface area contributed by atoms with Crippen molar-refractivity contribution in [1.29, 1.82) is 0 Å². The van der Waals surface area contributed by atoms with Gasteiger partial charge in [0.2, 0.25) is 0 Å². The number of ether oxygens (including phenoxy) is 1. The molecule has 0 aliphatic carbocycles. The maximum atomic E-state index is 5.14. The topological polar surface area (TPSA) is 34.2 Å². The summed E-state index contributed by atoms with van der Waals surface area (Å²) in [5, 5.41) is 3.17. The van der Waals surface area contributed by atoms with E-state index in [-0.39, 0.29) is 0 Å². The van der Waals surface area contributed by atoms with Crippen LogP contribution in [0.15, 0.2) is 24.9 Å². The van der Waals surface area contributed by atoms with Crippen molar-refractivity contribution in [3.63, 3.8) is 0 Å². The Balaban J connectivity index is 2.87. The van der Waals surface area contributed by atoms with Crippen molar-refractivity contribution in [2.75, 3.05) is 19.0 Å². The Morgan fingerprint density at radius 3 is 3.08 bits per heavy atom. The molecule has 0 aliphatic heterocycles. The van der Waals surface area contributed by atoms with E-state index in [1.165, 1.54) is 0 Å².